The molecule has 0 saturated heterocycles. The molecule has 1 aromatic heterocycles. The summed E-state index contributed by atoms with van der Waals surface area (Å²) >= 11 is 1.41. The molecule has 3 aromatic rings. The summed E-state index contributed by atoms with van der Waals surface area (Å²) in [7, 11) is 3.65. The molecule has 0 fully saturated rings. The zero-order chi connectivity index (χ0) is 23.1. The molecule has 1 heterocycles. The normalized spacial score (nSPS) is 11.1. The summed E-state index contributed by atoms with van der Waals surface area (Å²) in [6.07, 6.45) is 2.79. The van der Waals surface area contributed by atoms with Crippen molar-refractivity contribution in [3.8, 4) is 5.75 Å². The highest BCUT2D eigenvalue weighted by atomic mass is 32.2. The standard InChI is InChI=1S/C25H32N4O2S/c1-17(2)21-10-6-7-11-22(21)26-24(30)16-32-25-28-27-23(29(25)4)12-8-9-19-13-14-20(31-5)15-18(19)3/h6-7,10-11,13-15,17H,8-9,12,16H2,1-5H3,(H,26,30). The number of carbonyl (C=O) groups is 1. The number of aromatic nitrogens is 3. The second kappa shape index (κ2) is 11.2. The number of hydrogen-bond acceptors (Lipinski definition) is 5. The largest absolute Gasteiger partial charge is 0.497 e. The second-order valence-corrected chi connectivity index (χ2v) is 9.13. The average Bonchev–Trinajstić information content (AvgIpc) is 3.13. The van der Waals surface area contributed by atoms with E-state index in [2.05, 4.69) is 54.5 Å². The molecule has 0 spiro atoms. The van der Waals surface area contributed by atoms with Gasteiger partial charge in [0.25, 0.3) is 0 Å². The number of aryl methyl sites for hydroxylation is 3. The molecule has 7 heteroatoms. The third-order valence-corrected chi connectivity index (χ3v) is 6.53. The van der Waals surface area contributed by atoms with E-state index in [-0.39, 0.29) is 5.91 Å². The van der Waals surface area contributed by atoms with Gasteiger partial charge in [-0.05, 0) is 60.6 Å². The molecule has 0 atom stereocenters. The van der Waals surface area contributed by atoms with Crippen LogP contribution in [0.25, 0.3) is 0 Å². The van der Waals surface area contributed by atoms with Gasteiger partial charge < -0.3 is 14.6 Å². The van der Waals surface area contributed by atoms with Crippen LogP contribution in [0.3, 0.4) is 0 Å². The van der Waals surface area contributed by atoms with E-state index in [0.29, 0.717) is 11.7 Å². The SMILES string of the molecule is COc1ccc(CCCc2nnc(SCC(=O)Nc3ccccc3C(C)C)n2C)c(C)c1. The summed E-state index contributed by atoms with van der Waals surface area (Å²) < 4.78 is 7.27. The van der Waals surface area contributed by atoms with Gasteiger partial charge in [-0.2, -0.15) is 0 Å². The lowest BCUT2D eigenvalue weighted by Gasteiger charge is -2.13. The average molecular weight is 453 g/mol. The van der Waals surface area contributed by atoms with Crippen molar-refractivity contribution < 1.29 is 9.53 Å². The van der Waals surface area contributed by atoms with Gasteiger partial charge in [0.05, 0.1) is 12.9 Å². The Hall–Kier alpha value is -2.80. The van der Waals surface area contributed by atoms with Crippen LogP contribution >= 0.6 is 11.8 Å². The molecule has 3 rings (SSSR count). The smallest absolute Gasteiger partial charge is 0.234 e. The van der Waals surface area contributed by atoms with Crippen molar-refractivity contribution in [2.45, 2.75) is 51.1 Å². The highest BCUT2D eigenvalue weighted by Crippen LogP contribution is 2.24. The van der Waals surface area contributed by atoms with Crippen LogP contribution < -0.4 is 10.1 Å². The molecule has 170 valence electrons. The summed E-state index contributed by atoms with van der Waals surface area (Å²) in [5.74, 6) is 2.43. The molecule has 32 heavy (non-hydrogen) atoms. The maximum absolute atomic E-state index is 12.5. The number of ether oxygens (including phenoxy) is 1. The molecule has 0 aliphatic heterocycles. The van der Waals surface area contributed by atoms with Gasteiger partial charge in [-0.3, -0.25) is 4.79 Å². The molecule has 0 unspecified atom stereocenters. The predicted molar refractivity (Wildman–Crippen MR) is 131 cm³/mol. The van der Waals surface area contributed by atoms with Crippen LogP contribution in [0, 0.1) is 6.92 Å². The number of thioether (sulfide) groups is 1. The Balaban J connectivity index is 1.51. The van der Waals surface area contributed by atoms with Gasteiger partial charge in [-0.25, -0.2) is 0 Å². The first kappa shape index (κ1) is 23.9. The van der Waals surface area contributed by atoms with Crippen LogP contribution in [-0.2, 0) is 24.7 Å². The van der Waals surface area contributed by atoms with Gasteiger partial charge >= 0.3 is 0 Å². The second-order valence-electron chi connectivity index (χ2n) is 8.18. The van der Waals surface area contributed by atoms with Gasteiger partial charge in [0, 0.05) is 19.2 Å². The van der Waals surface area contributed by atoms with E-state index >= 15 is 0 Å². The summed E-state index contributed by atoms with van der Waals surface area (Å²) in [5, 5.41) is 12.4. The number of hydrogen-bond donors (Lipinski definition) is 1. The number of anilines is 1. The van der Waals surface area contributed by atoms with E-state index in [1.165, 1.54) is 22.9 Å². The number of para-hydroxylation sites is 1. The van der Waals surface area contributed by atoms with E-state index in [9.17, 15) is 4.79 Å². The highest BCUT2D eigenvalue weighted by Gasteiger charge is 2.13. The molecule has 0 radical (unpaired) electrons. The molecular formula is C25H32N4O2S. The molecule has 0 aliphatic carbocycles. The summed E-state index contributed by atoms with van der Waals surface area (Å²) in [5.41, 5.74) is 4.57. The van der Waals surface area contributed by atoms with E-state index < -0.39 is 0 Å². The lowest BCUT2D eigenvalue weighted by Crippen LogP contribution is -2.16. The number of nitrogens with one attached hydrogen (secondary N) is 1. The molecule has 2 aromatic carbocycles. The number of carbonyl (C=O) groups excluding carboxylic acids is 1. The minimum Gasteiger partial charge on any atom is -0.497 e. The Morgan fingerprint density at radius 3 is 2.66 bits per heavy atom. The monoisotopic (exact) mass is 452 g/mol. The Bertz CT molecular complexity index is 1060. The van der Waals surface area contributed by atoms with Crippen LogP contribution in [0.4, 0.5) is 5.69 Å². The number of amides is 1. The minimum absolute atomic E-state index is 0.0392. The first-order chi connectivity index (χ1) is 15.4. The van der Waals surface area contributed by atoms with Crippen molar-refractivity contribution in [2.24, 2.45) is 7.05 Å². The molecule has 1 amide bonds. The van der Waals surface area contributed by atoms with E-state index in [4.69, 9.17) is 4.74 Å². The van der Waals surface area contributed by atoms with E-state index in [0.717, 1.165) is 47.2 Å². The zero-order valence-electron chi connectivity index (χ0n) is 19.5. The highest BCUT2D eigenvalue weighted by molar-refractivity contribution is 7.99. The van der Waals surface area contributed by atoms with Crippen molar-refractivity contribution in [3.05, 3.63) is 65.0 Å². The van der Waals surface area contributed by atoms with Crippen molar-refractivity contribution in [1.82, 2.24) is 14.8 Å². The van der Waals surface area contributed by atoms with Gasteiger partial charge in [0.1, 0.15) is 11.6 Å². The molecular weight excluding hydrogens is 420 g/mol. The lowest BCUT2D eigenvalue weighted by atomic mass is 10.0. The summed E-state index contributed by atoms with van der Waals surface area (Å²) in [4.78, 5) is 12.5. The van der Waals surface area contributed by atoms with Gasteiger partial charge in [0.2, 0.25) is 5.91 Å². The Morgan fingerprint density at radius 2 is 1.94 bits per heavy atom. The molecule has 0 saturated carbocycles. The van der Waals surface area contributed by atoms with Crippen LogP contribution in [0.1, 0.15) is 48.7 Å². The van der Waals surface area contributed by atoms with E-state index in [1.807, 2.05) is 35.9 Å². The summed E-state index contributed by atoms with van der Waals surface area (Å²) in [6, 6.07) is 14.1. The van der Waals surface area contributed by atoms with Crippen molar-refractivity contribution in [1.29, 1.82) is 0 Å². The quantitative estimate of drug-likeness (QED) is 0.430. The van der Waals surface area contributed by atoms with Gasteiger partial charge in [-0.15, -0.1) is 10.2 Å². The van der Waals surface area contributed by atoms with Gasteiger partial charge in [0.15, 0.2) is 5.16 Å². The number of rotatable bonds is 10. The Kier molecular flexibility index (Phi) is 8.33. The Morgan fingerprint density at radius 1 is 1.16 bits per heavy atom. The van der Waals surface area contributed by atoms with Gasteiger partial charge in [-0.1, -0.05) is 49.9 Å². The molecule has 6 nitrogen and oxygen atoms in total. The molecule has 1 N–H and O–H groups in total. The first-order valence-electron chi connectivity index (χ1n) is 10.9. The van der Waals surface area contributed by atoms with Crippen LogP contribution in [-0.4, -0.2) is 33.5 Å². The van der Waals surface area contributed by atoms with Crippen molar-refractivity contribution in [2.75, 3.05) is 18.2 Å². The maximum atomic E-state index is 12.5. The molecule has 0 bridgehead atoms. The third kappa shape index (κ3) is 6.13. The fraction of sp³-hybridized carbons (Fsp3) is 0.400. The number of methoxy groups -OCH3 is 1. The zero-order valence-corrected chi connectivity index (χ0v) is 20.3. The van der Waals surface area contributed by atoms with Crippen LogP contribution in [0.5, 0.6) is 5.75 Å². The minimum atomic E-state index is -0.0392. The topological polar surface area (TPSA) is 69.0 Å². The fourth-order valence-corrected chi connectivity index (χ4v) is 4.36. The van der Waals surface area contributed by atoms with Crippen molar-refractivity contribution >= 4 is 23.4 Å². The lowest BCUT2D eigenvalue weighted by molar-refractivity contribution is -0.113. The van der Waals surface area contributed by atoms with Crippen molar-refractivity contribution in [3.63, 3.8) is 0 Å². The fourth-order valence-electron chi connectivity index (χ4n) is 3.63. The molecule has 0 aliphatic rings. The van der Waals surface area contributed by atoms with E-state index in [1.54, 1.807) is 7.11 Å². The third-order valence-electron chi connectivity index (χ3n) is 5.51. The van der Waals surface area contributed by atoms with Crippen LogP contribution in [0.2, 0.25) is 0 Å². The number of nitrogens with zero attached hydrogens (tertiary/aromatic N) is 3. The van der Waals surface area contributed by atoms with Crippen LogP contribution in [0.15, 0.2) is 47.6 Å². The first-order valence-corrected chi connectivity index (χ1v) is 11.9. The number of benzene rings is 2. The summed E-state index contributed by atoms with van der Waals surface area (Å²) in [6.45, 7) is 6.35. The maximum Gasteiger partial charge on any atom is 0.234 e. The predicted octanol–water partition coefficient (Wildman–Crippen LogP) is 5.16. The Labute approximate surface area is 194 Å².